The molecule has 2 aromatic carbocycles. The Hall–Kier alpha value is -2.67. The Kier molecular flexibility index (Phi) is 5.37. The van der Waals surface area contributed by atoms with E-state index in [1.54, 1.807) is 34.9 Å². The molecule has 0 aliphatic carbocycles. The fourth-order valence-electron chi connectivity index (χ4n) is 2.73. The molecule has 2 N–H and O–H groups in total. The van der Waals surface area contributed by atoms with Gasteiger partial charge in [0.1, 0.15) is 5.75 Å². The summed E-state index contributed by atoms with van der Waals surface area (Å²) in [5.74, 6) is 0.520. The number of aromatic nitrogens is 2. The Morgan fingerprint density at radius 3 is 2.77 bits per heavy atom. The minimum absolute atomic E-state index is 0.112. The first kappa shape index (κ1) is 18.1. The highest BCUT2D eigenvalue weighted by Gasteiger charge is 2.11. The number of para-hydroxylation sites is 1. The molecule has 1 aromatic heterocycles. The van der Waals surface area contributed by atoms with Crippen LogP contribution in [0.2, 0.25) is 0 Å². The summed E-state index contributed by atoms with van der Waals surface area (Å²) < 4.78 is 2.39. The zero-order chi connectivity index (χ0) is 18.7. The third-order valence-electron chi connectivity index (χ3n) is 4.07. The van der Waals surface area contributed by atoms with Crippen LogP contribution in [0.25, 0.3) is 10.9 Å². The van der Waals surface area contributed by atoms with Crippen molar-refractivity contribution in [1.82, 2.24) is 9.55 Å². The quantitative estimate of drug-likeness (QED) is 0.486. The molecule has 26 heavy (non-hydrogen) atoms. The summed E-state index contributed by atoms with van der Waals surface area (Å²) in [4.78, 5) is 17.2. The van der Waals surface area contributed by atoms with Crippen molar-refractivity contribution in [2.45, 2.75) is 26.8 Å². The van der Waals surface area contributed by atoms with Crippen LogP contribution < -0.4 is 11.0 Å². The fraction of sp³-hybridized carbons (Fsp3) is 0.211. The minimum atomic E-state index is -0.112. The van der Waals surface area contributed by atoms with Crippen LogP contribution in [0, 0.1) is 0 Å². The summed E-state index contributed by atoms with van der Waals surface area (Å²) in [7, 11) is 0. The fourth-order valence-corrected chi connectivity index (χ4v) is 3.09. The number of hydrogen-bond donors (Lipinski definition) is 2. The summed E-state index contributed by atoms with van der Waals surface area (Å²) in [6.07, 6.45) is 0.598. The number of halogens is 1. The molecule has 0 saturated heterocycles. The Labute approximate surface area is 159 Å². The normalized spacial score (nSPS) is 11.7. The van der Waals surface area contributed by atoms with Gasteiger partial charge in [0, 0.05) is 16.6 Å². The number of phenols is 1. The van der Waals surface area contributed by atoms with Crippen LogP contribution in [0.4, 0.5) is 5.95 Å². The number of benzene rings is 2. The van der Waals surface area contributed by atoms with Gasteiger partial charge in [-0.25, -0.2) is 10.4 Å². The Morgan fingerprint density at radius 1 is 1.27 bits per heavy atom. The predicted octanol–water partition coefficient (Wildman–Crippen LogP) is 4.11. The van der Waals surface area contributed by atoms with E-state index in [-0.39, 0.29) is 11.3 Å². The van der Waals surface area contributed by atoms with Crippen LogP contribution in [0.1, 0.15) is 25.8 Å². The number of nitrogens with zero attached hydrogens (tertiary/aromatic N) is 3. The first-order valence-electron chi connectivity index (χ1n) is 8.36. The standard InChI is InChI=1S/C19H19BrN4O2/c1-3-15(14-11-12(20)9-10-17(14)25)22-23-19-21-16-8-6-5-7-13(16)18(26)24(19)4-2/h5-11,25H,3-4H2,1-2H3,(H,21,23)/b22-15+. The van der Waals surface area contributed by atoms with E-state index in [0.717, 1.165) is 4.47 Å². The number of nitrogens with one attached hydrogen (secondary N) is 1. The number of rotatable bonds is 5. The van der Waals surface area contributed by atoms with Gasteiger partial charge >= 0.3 is 0 Å². The molecule has 3 rings (SSSR count). The van der Waals surface area contributed by atoms with Crippen molar-refractivity contribution >= 4 is 38.5 Å². The molecule has 0 amide bonds. The topological polar surface area (TPSA) is 79.5 Å². The van der Waals surface area contributed by atoms with Crippen molar-refractivity contribution in [3.63, 3.8) is 0 Å². The van der Waals surface area contributed by atoms with E-state index in [1.165, 1.54) is 0 Å². The van der Waals surface area contributed by atoms with Crippen molar-refractivity contribution in [2.24, 2.45) is 5.10 Å². The summed E-state index contributed by atoms with van der Waals surface area (Å²) in [5.41, 5.74) is 4.70. The third-order valence-corrected chi connectivity index (χ3v) is 4.57. The second-order valence-corrected chi connectivity index (χ2v) is 6.60. The third kappa shape index (κ3) is 3.48. The van der Waals surface area contributed by atoms with E-state index in [0.29, 0.717) is 41.1 Å². The molecule has 0 aliphatic rings. The molecule has 0 fully saturated rings. The molecule has 134 valence electrons. The summed E-state index contributed by atoms with van der Waals surface area (Å²) >= 11 is 3.41. The number of hydrazone groups is 1. The molecule has 6 nitrogen and oxygen atoms in total. The maximum atomic E-state index is 12.7. The summed E-state index contributed by atoms with van der Waals surface area (Å²) in [5, 5.41) is 15.1. The zero-order valence-electron chi connectivity index (χ0n) is 14.5. The number of phenolic OH excluding ortho intramolecular Hbond substituents is 1. The molecular formula is C19H19BrN4O2. The van der Waals surface area contributed by atoms with Gasteiger partial charge in [0.2, 0.25) is 5.95 Å². The van der Waals surface area contributed by atoms with Crippen LogP contribution in [-0.4, -0.2) is 20.4 Å². The SMILES string of the molecule is CC/C(=N\Nc1nc2ccccc2c(=O)n1CC)c1cc(Br)ccc1O. The molecule has 0 unspecified atom stereocenters. The molecule has 0 atom stereocenters. The van der Waals surface area contributed by atoms with Crippen LogP contribution in [0.3, 0.4) is 0 Å². The molecule has 0 spiro atoms. The average Bonchev–Trinajstić information content (AvgIpc) is 2.65. The second kappa shape index (κ2) is 7.70. The number of fused-ring (bicyclic) bond motifs is 1. The molecule has 7 heteroatoms. The van der Waals surface area contributed by atoms with E-state index < -0.39 is 0 Å². The molecule has 0 bridgehead atoms. The Bertz CT molecular complexity index is 1040. The van der Waals surface area contributed by atoms with E-state index in [9.17, 15) is 9.90 Å². The zero-order valence-corrected chi connectivity index (χ0v) is 16.1. The van der Waals surface area contributed by atoms with Crippen LogP contribution in [-0.2, 0) is 6.54 Å². The van der Waals surface area contributed by atoms with E-state index in [2.05, 4.69) is 31.4 Å². The van der Waals surface area contributed by atoms with Crippen LogP contribution in [0.15, 0.2) is 56.8 Å². The maximum Gasteiger partial charge on any atom is 0.262 e. The summed E-state index contributed by atoms with van der Waals surface area (Å²) in [6.45, 7) is 4.30. The number of aromatic hydroxyl groups is 1. The lowest BCUT2D eigenvalue weighted by atomic mass is 10.1. The van der Waals surface area contributed by atoms with Gasteiger partial charge in [-0.05, 0) is 43.7 Å². The first-order valence-corrected chi connectivity index (χ1v) is 9.15. The van der Waals surface area contributed by atoms with Crippen molar-refractivity contribution < 1.29 is 5.11 Å². The maximum absolute atomic E-state index is 12.7. The largest absolute Gasteiger partial charge is 0.507 e. The molecule has 0 radical (unpaired) electrons. The lowest BCUT2D eigenvalue weighted by Crippen LogP contribution is -2.23. The highest BCUT2D eigenvalue weighted by molar-refractivity contribution is 9.10. The van der Waals surface area contributed by atoms with E-state index in [1.807, 2.05) is 26.0 Å². The Balaban J connectivity index is 2.06. The summed E-state index contributed by atoms with van der Waals surface area (Å²) in [6, 6.07) is 12.4. The van der Waals surface area contributed by atoms with Gasteiger partial charge in [0.15, 0.2) is 0 Å². The van der Waals surface area contributed by atoms with E-state index in [4.69, 9.17) is 0 Å². The predicted molar refractivity (Wildman–Crippen MR) is 108 cm³/mol. The van der Waals surface area contributed by atoms with Crippen molar-refractivity contribution in [3.05, 3.63) is 62.9 Å². The van der Waals surface area contributed by atoms with Gasteiger partial charge in [0.05, 0.1) is 16.6 Å². The molecular weight excluding hydrogens is 396 g/mol. The monoisotopic (exact) mass is 414 g/mol. The van der Waals surface area contributed by atoms with Gasteiger partial charge in [-0.3, -0.25) is 9.36 Å². The smallest absolute Gasteiger partial charge is 0.262 e. The highest BCUT2D eigenvalue weighted by atomic mass is 79.9. The van der Waals surface area contributed by atoms with Crippen molar-refractivity contribution in [2.75, 3.05) is 5.43 Å². The van der Waals surface area contributed by atoms with Gasteiger partial charge in [-0.1, -0.05) is 35.0 Å². The average molecular weight is 415 g/mol. The minimum Gasteiger partial charge on any atom is -0.507 e. The van der Waals surface area contributed by atoms with E-state index >= 15 is 0 Å². The van der Waals surface area contributed by atoms with Crippen molar-refractivity contribution in [3.8, 4) is 5.75 Å². The molecule has 1 heterocycles. The highest BCUT2D eigenvalue weighted by Crippen LogP contribution is 2.23. The van der Waals surface area contributed by atoms with Crippen molar-refractivity contribution in [1.29, 1.82) is 0 Å². The lowest BCUT2D eigenvalue weighted by molar-refractivity contribution is 0.474. The lowest BCUT2D eigenvalue weighted by Gasteiger charge is -2.12. The van der Waals surface area contributed by atoms with Crippen LogP contribution in [0.5, 0.6) is 5.75 Å². The molecule has 0 saturated carbocycles. The second-order valence-electron chi connectivity index (χ2n) is 5.69. The number of hydrogen-bond acceptors (Lipinski definition) is 5. The first-order chi connectivity index (χ1) is 12.5. The molecule has 3 aromatic rings. The number of anilines is 1. The van der Waals surface area contributed by atoms with Gasteiger partial charge in [0.25, 0.3) is 5.56 Å². The van der Waals surface area contributed by atoms with Gasteiger partial charge in [-0.15, -0.1) is 0 Å². The van der Waals surface area contributed by atoms with Gasteiger partial charge < -0.3 is 5.11 Å². The Morgan fingerprint density at radius 2 is 2.04 bits per heavy atom. The molecule has 0 aliphatic heterocycles. The van der Waals surface area contributed by atoms with Crippen LogP contribution >= 0.6 is 15.9 Å². The van der Waals surface area contributed by atoms with Gasteiger partial charge in [-0.2, -0.15) is 5.10 Å².